The molecule has 0 saturated carbocycles. The van der Waals surface area contributed by atoms with E-state index in [0.29, 0.717) is 12.0 Å². The molecule has 0 aromatic heterocycles. The molecule has 2 fully saturated rings. The molecule has 1 amide bonds. The van der Waals surface area contributed by atoms with E-state index < -0.39 is 5.60 Å². The van der Waals surface area contributed by atoms with E-state index in [4.69, 9.17) is 4.74 Å². The van der Waals surface area contributed by atoms with Crippen LogP contribution < -0.4 is 5.32 Å². The summed E-state index contributed by atoms with van der Waals surface area (Å²) in [6.07, 6.45) is 4.95. The number of piperidine rings is 1. The second kappa shape index (κ2) is 8.34. The van der Waals surface area contributed by atoms with E-state index in [1.165, 1.54) is 38.9 Å². The summed E-state index contributed by atoms with van der Waals surface area (Å²) in [6.45, 7) is 14.4. The molecule has 2 atom stereocenters. The van der Waals surface area contributed by atoms with Crippen LogP contribution >= 0.6 is 0 Å². The van der Waals surface area contributed by atoms with Crippen LogP contribution in [0.25, 0.3) is 0 Å². The summed E-state index contributed by atoms with van der Waals surface area (Å²) in [4.78, 5) is 16.5. The highest BCUT2D eigenvalue weighted by Gasteiger charge is 2.29. The Balaban J connectivity index is 1.64. The number of likely N-dealkylation sites (tertiary alicyclic amines) is 2. The van der Waals surface area contributed by atoms with E-state index in [0.717, 1.165) is 26.1 Å². The first kappa shape index (κ1) is 18.5. The van der Waals surface area contributed by atoms with Gasteiger partial charge in [-0.15, -0.1) is 0 Å². The molecule has 2 saturated heterocycles. The van der Waals surface area contributed by atoms with Crippen LogP contribution in [0, 0.1) is 5.92 Å². The molecule has 0 aromatic rings. The van der Waals surface area contributed by atoms with Gasteiger partial charge in [-0.1, -0.05) is 13.3 Å². The van der Waals surface area contributed by atoms with Crippen LogP contribution in [0.2, 0.25) is 0 Å². The number of nitrogens with zero attached hydrogens (tertiary/aromatic N) is 2. The standard InChI is InChI=1S/C18H35N3O2/c1-15(13-20-9-6-5-7-10-20)12-19-16-8-11-21(14-16)17(22)23-18(2,3)4/h15-16,19H,5-14H2,1-4H3. The van der Waals surface area contributed by atoms with Crippen LogP contribution in [0.5, 0.6) is 0 Å². The lowest BCUT2D eigenvalue weighted by atomic mass is 10.1. The maximum Gasteiger partial charge on any atom is 0.410 e. The fraction of sp³-hybridized carbons (Fsp3) is 0.944. The molecule has 0 aromatic carbocycles. The molecule has 0 spiro atoms. The third kappa shape index (κ3) is 6.68. The van der Waals surface area contributed by atoms with Gasteiger partial charge in [0.25, 0.3) is 0 Å². The number of ether oxygens (including phenoxy) is 1. The Kier molecular flexibility index (Phi) is 6.72. The molecule has 2 rings (SSSR count). The highest BCUT2D eigenvalue weighted by atomic mass is 16.6. The lowest BCUT2D eigenvalue weighted by molar-refractivity contribution is 0.0291. The molecule has 5 heteroatoms. The molecule has 0 aliphatic carbocycles. The van der Waals surface area contributed by atoms with Gasteiger partial charge >= 0.3 is 6.09 Å². The first-order valence-corrected chi connectivity index (χ1v) is 9.27. The molecular formula is C18H35N3O2. The van der Waals surface area contributed by atoms with Crippen LogP contribution in [0.1, 0.15) is 53.4 Å². The van der Waals surface area contributed by atoms with Crippen molar-refractivity contribution in [3.63, 3.8) is 0 Å². The van der Waals surface area contributed by atoms with Crippen molar-refractivity contribution in [2.45, 2.75) is 65.0 Å². The lowest BCUT2D eigenvalue weighted by Gasteiger charge is -2.29. The van der Waals surface area contributed by atoms with Crippen LogP contribution in [0.3, 0.4) is 0 Å². The molecule has 134 valence electrons. The lowest BCUT2D eigenvalue weighted by Crippen LogP contribution is -2.41. The van der Waals surface area contributed by atoms with Gasteiger partial charge < -0.3 is 19.9 Å². The molecule has 2 heterocycles. The van der Waals surface area contributed by atoms with Crippen LogP contribution in [-0.2, 0) is 4.74 Å². The maximum atomic E-state index is 12.1. The zero-order chi connectivity index (χ0) is 16.9. The zero-order valence-electron chi connectivity index (χ0n) is 15.4. The molecule has 23 heavy (non-hydrogen) atoms. The summed E-state index contributed by atoms with van der Waals surface area (Å²) in [5, 5.41) is 3.64. The summed E-state index contributed by atoms with van der Waals surface area (Å²) < 4.78 is 5.45. The van der Waals surface area contributed by atoms with Crippen molar-refractivity contribution in [3.05, 3.63) is 0 Å². The predicted octanol–water partition coefficient (Wildman–Crippen LogP) is 2.71. The Labute approximate surface area is 141 Å². The Morgan fingerprint density at radius 3 is 2.57 bits per heavy atom. The summed E-state index contributed by atoms with van der Waals surface area (Å²) in [5.41, 5.74) is -0.411. The molecular weight excluding hydrogens is 290 g/mol. The van der Waals surface area contributed by atoms with Gasteiger partial charge in [-0.05, 0) is 65.6 Å². The summed E-state index contributed by atoms with van der Waals surface area (Å²) in [7, 11) is 0. The Morgan fingerprint density at radius 2 is 1.91 bits per heavy atom. The quantitative estimate of drug-likeness (QED) is 0.844. The minimum atomic E-state index is -0.411. The third-order valence-corrected chi connectivity index (χ3v) is 4.61. The highest BCUT2D eigenvalue weighted by molar-refractivity contribution is 5.68. The van der Waals surface area contributed by atoms with Gasteiger partial charge in [0.1, 0.15) is 5.60 Å². The number of rotatable bonds is 5. The molecule has 2 aliphatic rings. The number of carbonyl (C=O) groups excluding carboxylic acids is 1. The molecule has 0 radical (unpaired) electrons. The first-order chi connectivity index (χ1) is 10.8. The number of nitrogens with one attached hydrogen (secondary N) is 1. The monoisotopic (exact) mass is 325 g/mol. The van der Waals surface area contributed by atoms with Gasteiger partial charge in [0.05, 0.1) is 0 Å². The number of amides is 1. The van der Waals surface area contributed by atoms with Crippen LogP contribution in [0.15, 0.2) is 0 Å². The fourth-order valence-corrected chi connectivity index (χ4v) is 3.43. The Morgan fingerprint density at radius 1 is 1.22 bits per heavy atom. The normalized spacial score (nSPS) is 24.7. The Hall–Kier alpha value is -0.810. The predicted molar refractivity (Wildman–Crippen MR) is 93.7 cm³/mol. The van der Waals surface area contributed by atoms with Gasteiger partial charge in [-0.3, -0.25) is 0 Å². The minimum Gasteiger partial charge on any atom is -0.444 e. The van der Waals surface area contributed by atoms with Gasteiger partial charge in [-0.25, -0.2) is 4.79 Å². The second-order valence-electron chi connectivity index (χ2n) is 8.29. The summed E-state index contributed by atoms with van der Waals surface area (Å²) in [6, 6.07) is 0.409. The van der Waals surface area contributed by atoms with Crippen molar-refractivity contribution >= 4 is 6.09 Å². The van der Waals surface area contributed by atoms with Crippen molar-refractivity contribution in [3.8, 4) is 0 Å². The maximum absolute atomic E-state index is 12.1. The Bertz CT molecular complexity index is 375. The van der Waals surface area contributed by atoms with Crippen molar-refractivity contribution in [2.75, 3.05) is 39.3 Å². The number of hydrogen-bond donors (Lipinski definition) is 1. The first-order valence-electron chi connectivity index (χ1n) is 9.27. The molecule has 1 N–H and O–H groups in total. The average Bonchev–Trinajstić information content (AvgIpc) is 2.93. The van der Waals surface area contributed by atoms with E-state index in [1.807, 2.05) is 25.7 Å². The summed E-state index contributed by atoms with van der Waals surface area (Å²) in [5.74, 6) is 0.656. The average molecular weight is 325 g/mol. The topological polar surface area (TPSA) is 44.8 Å². The van der Waals surface area contributed by atoms with E-state index in [9.17, 15) is 4.79 Å². The van der Waals surface area contributed by atoms with E-state index in [1.54, 1.807) is 0 Å². The SMILES string of the molecule is CC(CNC1CCN(C(=O)OC(C)(C)C)C1)CN1CCCCC1. The number of carbonyl (C=O) groups is 1. The van der Waals surface area contributed by atoms with E-state index >= 15 is 0 Å². The van der Waals surface area contributed by atoms with Gasteiger partial charge in [0, 0.05) is 25.7 Å². The van der Waals surface area contributed by atoms with Crippen LogP contribution in [0.4, 0.5) is 4.79 Å². The fourth-order valence-electron chi connectivity index (χ4n) is 3.43. The largest absolute Gasteiger partial charge is 0.444 e. The smallest absolute Gasteiger partial charge is 0.410 e. The van der Waals surface area contributed by atoms with Crippen molar-refractivity contribution in [1.82, 2.24) is 15.1 Å². The molecule has 0 bridgehead atoms. The van der Waals surface area contributed by atoms with Crippen molar-refractivity contribution < 1.29 is 9.53 Å². The van der Waals surface area contributed by atoms with Crippen molar-refractivity contribution in [1.29, 1.82) is 0 Å². The second-order valence-corrected chi connectivity index (χ2v) is 8.29. The van der Waals surface area contributed by atoms with E-state index in [2.05, 4.69) is 17.1 Å². The van der Waals surface area contributed by atoms with Gasteiger partial charge in [-0.2, -0.15) is 0 Å². The van der Waals surface area contributed by atoms with Gasteiger partial charge in [0.15, 0.2) is 0 Å². The number of hydrogen-bond acceptors (Lipinski definition) is 4. The molecule has 2 unspecified atom stereocenters. The molecule has 2 aliphatic heterocycles. The van der Waals surface area contributed by atoms with Crippen molar-refractivity contribution in [2.24, 2.45) is 5.92 Å². The minimum absolute atomic E-state index is 0.178. The highest BCUT2D eigenvalue weighted by Crippen LogP contribution is 2.16. The molecule has 5 nitrogen and oxygen atoms in total. The zero-order valence-corrected chi connectivity index (χ0v) is 15.4. The van der Waals surface area contributed by atoms with E-state index in [-0.39, 0.29) is 6.09 Å². The third-order valence-electron chi connectivity index (χ3n) is 4.61. The van der Waals surface area contributed by atoms with Crippen LogP contribution in [-0.4, -0.2) is 66.8 Å². The summed E-state index contributed by atoms with van der Waals surface area (Å²) >= 11 is 0. The van der Waals surface area contributed by atoms with Gasteiger partial charge in [0.2, 0.25) is 0 Å².